The molecule has 3 N–H and O–H groups in total. The first-order valence-electron chi connectivity index (χ1n) is 6.55. The maximum absolute atomic E-state index is 5.74. The molecule has 106 valence electrons. The summed E-state index contributed by atoms with van der Waals surface area (Å²) in [5.41, 5.74) is 5.74. The van der Waals surface area contributed by atoms with Crippen molar-refractivity contribution in [3.8, 4) is 0 Å². The highest BCUT2D eigenvalue weighted by atomic mass is 15.3. The fourth-order valence-corrected chi connectivity index (χ4v) is 2.14. The van der Waals surface area contributed by atoms with Gasteiger partial charge in [-0.05, 0) is 12.8 Å². The molecule has 2 aromatic rings. The topological polar surface area (TPSA) is 111 Å². The zero-order chi connectivity index (χ0) is 13.9. The number of hydrogen-bond acceptors (Lipinski definition) is 8. The summed E-state index contributed by atoms with van der Waals surface area (Å²) in [4.78, 5) is 18.9. The molecular weight excluding hydrogens is 258 g/mol. The molecule has 20 heavy (non-hydrogen) atoms. The minimum absolute atomic E-state index is 0.221. The number of nitrogens with two attached hydrogens (primary N) is 1. The third kappa shape index (κ3) is 2.76. The maximum Gasteiger partial charge on any atom is 0.231 e. The third-order valence-corrected chi connectivity index (χ3v) is 3.08. The first-order chi connectivity index (χ1) is 9.70. The molecule has 0 unspecified atom stereocenters. The van der Waals surface area contributed by atoms with Crippen LogP contribution in [0.15, 0.2) is 6.33 Å². The van der Waals surface area contributed by atoms with Gasteiger partial charge in [0.25, 0.3) is 0 Å². The van der Waals surface area contributed by atoms with Crippen LogP contribution in [0.5, 0.6) is 0 Å². The molecule has 0 spiro atoms. The van der Waals surface area contributed by atoms with Crippen LogP contribution in [0.4, 0.5) is 17.8 Å². The molecular formula is C11H17N9. The normalized spacial score (nSPS) is 14.8. The monoisotopic (exact) mass is 275 g/mol. The molecule has 0 saturated carbocycles. The van der Waals surface area contributed by atoms with Gasteiger partial charge in [0.1, 0.15) is 6.33 Å². The third-order valence-electron chi connectivity index (χ3n) is 3.08. The number of rotatable bonds is 4. The molecule has 1 aliphatic rings. The Bertz CT molecular complexity index is 587. The molecule has 0 atom stereocenters. The minimum atomic E-state index is 0.221. The molecule has 0 aliphatic carbocycles. The summed E-state index contributed by atoms with van der Waals surface area (Å²) in [7, 11) is 1.82. The molecule has 1 saturated heterocycles. The second-order valence-corrected chi connectivity index (χ2v) is 4.70. The average Bonchev–Trinajstić information content (AvgIpc) is 3.07. The standard InChI is InChI=1S/C11H17N9/c1-19-7-14-8(18-19)6-13-10-15-9(12)16-11(17-10)20-4-2-3-5-20/h7H,2-6H2,1H3,(H3,12,13,15,16,17). The van der Waals surface area contributed by atoms with E-state index < -0.39 is 0 Å². The van der Waals surface area contributed by atoms with Crippen LogP contribution >= 0.6 is 0 Å². The lowest BCUT2D eigenvalue weighted by Crippen LogP contribution is -2.22. The number of nitrogens with one attached hydrogen (secondary N) is 1. The predicted octanol–water partition coefficient (Wildman–Crippen LogP) is -0.205. The van der Waals surface area contributed by atoms with Gasteiger partial charge in [-0.2, -0.15) is 20.1 Å². The summed E-state index contributed by atoms with van der Waals surface area (Å²) >= 11 is 0. The minimum Gasteiger partial charge on any atom is -0.368 e. The Morgan fingerprint density at radius 1 is 1.25 bits per heavy atom. The fourth-order valence-electron chi connectivity index (χ4n) is 2.14. The van der Waals surface area contributed by atoms with E-state index in [1.165, 1.54) is 0 Å². The highest BCUT2D eigenvalue weighted by molar-refractivity contribution is 5.42. The number of aromatic nitrogens is 6. The lowest BCUT2D eigenvalue weighted by atomic mass is 10.4. The van der Waals surface area contributed by atoms with E-state index in [4.69, 9.17) is 5.73 Å². The van der Waals surface area contributed by atoms with Crippen molar-refractivity contribution in [3.05, 3.63) is 12.2 Å². The van der Waals surface area contributed by atoms with Gasteiger partial charge in [0, 0.05) is 20.1 Å². The van der Waals surface area contributed by atoms with Gasteiger partial charge >= 0.3 is 0 Å². The van der Waals surface area contributed by atoms with Crippen LogP contribution in [0, 0.1) is 0 Å². The first-order valence-corrected chi connectivity index (χ1v) is 6.55. The van der Waals surface area contributed by atoms with Crippen molar-refractivity contribution in [1.29, 1.82) is 0 Å². The molecule has 9 heteroatoms. The van der Waals surface area contributed by atoms with Gasteiger partial charge in [-0.1, -0.05) is 0 Å². The Hall–Kier alpha value is -2.45. The van der Waals surface area contributed by atoms with Crippen molar-refractivity contribution in [3.63, 3.8) is 0 Å². The van der Waals surface area contributed by atoms with E-state index in [9.17, 15) is 0 Å². The summed E-state index contributed by atoms with van der Waals surface area (Å²) in [6.07, 6.45) is 3.97. The van der Waals surface area contributed by atoms with Gasteiger partial charge in [-0.15, -0.1) is 0 Å². The second-order valence-electron chi connectivity index (χ2n) is 4.70. The molecule has 1 aliphatic heterocycles. The lowest BCUT2D eigenvalue weighted by molar-refractivity contribution is 0.746. The number of nitrogen functional groups attached to an aromatic ring is 1. The number of nitrogens with zero attached hydrogens (tertiary/aromatic N) is 7. The van der Waals surface area contributed by atoms with Crippen molar-refractivity contribution < 1.29 is 0 Å². The van der Waals surface area contributed by atoms with Gasteiger partial charge in [0.05, 0.1) is 6.54 Å². The summed E-state index contributed by atoms with van der Waals surface area (Å²) in [6.45, 7) is 2.37. The molecule has 3 heterocycles. The smallest absolute Gasteiger partial charge is 0.231 e. The Balaban J connectivity index is 1.72. The first kappa shape index (κ1) is 12.6. The molecule has 1 fully saturated rings. The second kappa shape index (κ2) is 5.27. The van der Waals surface area contributed by atoms with E-state index >= 15 is 0 Å². The quantitative estimate of drug-likeness (QED) is 0.789. The zero-order valence-corrected chi connectivity index (χ0v) is 11.3. The SMILES string of the molecule is Cn1cnc(CNc2nc(N)nc(N3CCCC3)n2)n1. The van der Waals surface area contributed by atoms with Crippen molar-refractivity contribution in [2.75, 3.05) is 29.0 Å². The van der Waals surface area contributed by atoms with E-state index in [2.05, 4.69) is 35.3 Å². The predicted molar refractivity (Wildman–Crippen MR) is 74.0 cm³/mol. The van der Waals surface area contributed by atoms with Crippen LogP contribution in [-0.4, -0.2) is 42.8 Å². The van der Waals surface area contributed by atoms with E-state index in [-0.39, 0.29) is 5.95 Å². The van der Waals surface area contributed by atoms with Gasteiger partial charge in [0.2, 0.25) is 17.8 Å². The van der Waals surface area contributed by atoms with Crippen molar-refractivity contribution in [2.24, 2.45) is 7.05 Å². The van der Waals surface area contributed by atoms with Crippen LogP contribution in [0.2, 0.25) is 0 Å². The van der Waals surface area contributed by atoms with Gasteiger partial charge in [-0.25, -0.2) is 4.98 Å². The maximum atomic E-state index is 5.74. The van der Waals surface area contributed by atoms with E-state index in [1.54, 1.807) is 11.0 Å². The van der Waals surface area contributed by atoms with Gasteiger partial charge < -0.3 is 16.0 Å². The lowest BCUT2D eigenvalue weighted by Gasteiger charge is -2.15. The Labute approximate surface area is 116 Å². The van der Waals surface area contributed by atoms with Gasteiger partial charge in [-0.3, -0.25) is 4.68 Å². The highest BCUT2D eigenvalue weighted by Crippen LogP contribution is 2.17. The van der Waals surface area contributed by atoms with Crippen LogP contribution in [-0.2, 0) is 13.6 Å². The van der Waals surface area contributed by atoms with Crippen molar-refractivity contribution >= 4 is 17.8 Å². The molecule has 0 radical (unpaired) electrons. The van der Waals surface area contributed by atoms with Crippen LogP contribution < -0.4 is 16.0 Å². The number of aryl methyl sites for hydroxylation is 1. The van der Waals surface area contributed by atoms with Crippen LogP contribution in [0.25, 0.3) is 0 Å². The molecule has 3 rings (SSSR count). The highest BCUT2D eigenvalue weighted by Gasteiger charge is 2.16. The van der Waals surface area contributed by atoms with Gasteiger partial charge in [0.15, 0.2) is 5.82 Å². The Morgan fingerprint density at radius 2 is 2.05 bits per heavy atom. The largest absolute Gasteiger partial charge is 0.368 e. The fraction of sp³-hybridized carbons (Fsp3) is 0.545. The zero-order valence-electron chi connectivity index (χ0n) is 11.3. The molecule has 0 amide bonds. The van der Waals surface area contributed by atoms with Crippen LogP contribution in [0.1, 0.15) is 18.7 Å². The van der Waals surface area contributed by atoms with E-state index in [0.717, 1.165) is 25.9 Å². The van der Waals surface area contributed by atoms with E-state index in [0.29, 0.717) is 24.3 Å². The summed E-state index contributed by atoms with van der Waals surface area (Å²) in [6, 6.07) is 0. The van der Waals surface area contributed by atoms with Crippen LogP contribution in [0.3, 0.4) is 0 Å². The summed E-state index contributed by atoms with van der Waals surface area (Å²) in [5, 5.41) is 7.25. The summed E-state index contributed by atoms with van der Waals surface area (Å²) in [5.74, 6) is 1.98. The molecule has 0 bridgehead atoms. The Morgan fingerprint density at radius 3 is 2.75 bits per heavy atom. The van der Waals surface area contributed by atoms with Crippen molar-refractivity contribution in [2.45, 2.75) is 19.4 Å². The summed E-state index contributed by atoms with van der Waals surface area (Å²) < 4.78 is 1.65. The molecule has 0 aromatic carbocycles. The average molecular weight is 275 g/mol. The molecule has 9 nitrogen and oxygen atoms in total. The number of anilines is 3. The van der Waals surface area contributed by atoms with Crippen molar-refractivity contribution in [1.82, 2.24) is 29.7 Å². The Kier molecular flexibility index (Phi) is 3.32. The van der Waals surface area contributed by atoms with E-state index in [1.807, 2.05) is 7.05 Å². The number of hydrogen-bond donors (Lipinski definition) is 2. The molecule has 2 aromatic heterocycles.